The second kappa shape index (κ2) is 7.94. The number of thiophene rings is 1. The fourth-order valence-electron chi connectivity index (χ4n) is 1.87. The molecule has 0 spiro atoms. The molecule has 1 heterocycles. The van der Waals surface area contributed by atoms with Crippen molar-refractivity contribution < 1.29 is 9.59 Å². The maximum absolute atomic E-state index is 12.0. The molecule has 4 nitrogen and oxygen atoms in total. The summed E-state index contributed by atoms with van der Waals surface area (Å²) in [5, 5.41) is 3.15. The van der Waals surface area contributed by atoms with Gasteiger partial charge in [-0.2, -0.15) is 0 Å². The Balaban J connectivity index is 1.89. The molecule has 1 aromatic carbocycles. The normalized spacial score (nSPS) is 10.7. The third-order valence-electron chi connectivity index (χ3n) is 3.06. The zero-order valence-corrected chi connectivity index (χ0v) is 14.4. The molecule has 0 saturated heterocycles. The zero-order chi connectivity index (χ0) is 16.8. The molecule has 120 valence electrons. The van der Waals surface area contributed by atoms with E-state index in [0.717, 1.165) is 4.88 Å². The molecule has 0 aliphatic carbocycles. The first-order valence-corrected chi connectivity index (χ1v) is 8.19. The lowest BCUT2D eigenvalue weighted by Crippen LogP contribution is -2.33. The number of carbonyl (C=O) groups excluding carboxylic acids is 2. The number of carbonyl (C=O) groups is 2. The van der Waals surface area contributed by atoms with Crippen molar-refractivity contribution in [1.29, 1.82) is 0 Å². The van der Waals surface area contributed by atoms with Gasteiger partial charge in [-0.05, 0) is 37.3 Å². The number of hydrogen-bond donors (Lipinski definition) is 1. The Labute approximate surface area is 144 Å². The average molecular weight is 349 g/mol. The topological polar surface area (TPSA) is 49.4 Å². The Hall–Kier alpha value is -2.11. The van der Waals surface area contributed by atoms with Gasteiger partial charge in [-0.1, -0.05) is 23.7 Å². The van der Waals surface area contributed by atoms with Gasteiger partial charge in [0, 0.05) is 22.9 Å². The summed E-state index contributed by atoms with van der Waals surface area (Å²) in [5.41, 5.74) is 0.532. The lowest BCUT2D eigenvalue weighted by molar-refractivity contribution is -0.129. The van der Waals surface area contributed by atoms with E-state index >= 15 is 0 Å². The number of rotatable bonds is 5. The molecule has 1 N–H and O–H groups in total. The Morgan fingerprint density at radius 1 is 1.26 bits per heavy atom. The first-order valence-electron chi connectivity index (χ1n) is 6.99. The molecule has 0 fully saturated rings. The molecule has 2 amide bonds. The number of nitrogens with zero attached hydrogens (tertiary/aromatic N) is 1. The minimum Gasteiger partial charge on any atom is -0.333 e. The van der Waals surface area contributed by atoms with E-state index in [1.165, 1.54) is 15.9 Å². The molecule has 2 rings (SSSR count). The molecule has 0 atom stereocenters. The number of nitrogens with one attached hydrogen (secondary N) is 1. The van der Waals surface area contributed by atoms with Crippen LogP contribution in [-0.4, -0.2) is 30.3 Å². The number of hydrogen-bond acceptors (Lipinski definition) is 3. The van der Waals surface area contributed by atoms with Gasteiger partial charge in [-0.3, -0.25) is 9.59 Å². The minimum atomic E-state index is -0.297. The van der Waals surface area contributed by atoms with Crippen LogP contribution >= 0.6 is 22.9 Å². The maximum Gasteiger partial charge on any atom is 0.246 e. The van der Waals surface area contributed by atoms with E-state index in [4.69, 9.17) is 11.6 Å². The van der Waals surface area contributed by atoms with Crippen molar-refractivity contribution >= 4 is 46.5 Å². The minimum absolute atomic E-state index is 0.0438. The SMILES string of the molecule is Cc1ccc(/C=C/C(=O)N(C)CC(=O)Nc2ccccc2Cl)s1. The van der Waals surface area contributed by atoms with Crippen LogP contribution in [0, 0.1) is 6.92 Å². The van der Waals surface area contributed by atoms with Crippen LogP contribution in [0.2, 0.25) is 5.02 Å². The third kappa shape index (κ3) is 5.23. The highest BCUT2D eigenvalue weighted by Crippen LogP contribution is 2.20. The maximum atomic E-state index is 12.0. The van der Waals surface area contributed by atoms with Crippen LogP contribution in [0.5, 0.6) is 0 Å². The smallest absolute Gasteiger partial charge is 0.246 e. The Bertz CT molecular complexity index is 740. The summed E-state index contributed by atoms with van der Waals surface area (Å²) in [6.07, 6.45) is 3.22. The van der Waals surface area contributed by atoms with Crippen molar-refractivity contribution in [1.82, 2.24) is 4.90 Å². The summed E-state index contributed by atoms with van der Waals surface area (Å²) in [5.74, 6) is -0.528. The monoisotopic (exact) mass is 348 g/mol. The van der Waals surface area contributed by atoms with Crippen LogP contribution in [0.15, 0.2) is 42.5 Å². The number of anilines is 1. The van der Waals surface area contributed by atoms with Crippen LogP contribution < -0.4 is 5.32 Å². The summed E-state index contributed by atoms with van der Waals surface area (Å²) in [7, 11) is 1.58. The van der Waals surface area contributed by atoms with Crippen LogP contribution in [-0.2, 0) is 9.59 Å². The Morgan fingerprint density at radius 3 is 2.65 bits per heavy atom. The van der Waals surface area contributed by atoms with Gasteiger partial charge in [0.2, 0.25) is 11.8 Å². The molecule has 2 aromatic rings. The Morgan fingerprint density at radius 2 is 2.00 bits per heavy atom. The highest BCUT2D eigenvalue weighted by Gasteiger charge is 2.11. The number of aryl methyl sites for hydroxylation is 1. The molecule has 0 bridgehead atoms. The van der Waals surface area contributed by atoms with E-state index in [1.807, 2.05) is 19.1 Å². The molecule has 0 aliphatic rings. The zero-order valence-electron chi connectivity index (χ0n) is 12.9. The molecule has 0 unspecified atom stereocenters. The highest BCUT2D eigenvalue weighted by molar-refractivity contribution is 7.12. The van der Waals surface area contributed by atoms with Gasteiger partial charge in [0.25, 0.3) is 0 Å². The molecule has 0 aliphatic heterocycles. The van der Waals surface area contributed by atoms with Crippen molar-refractivity contribution in [2.75, 3.05) is 18.9 Å². The van der Waals surface area contributed by atoms with Gasteiger partial charge in [0.05, 0.1) is 17.3 Å². The van der Waals surface area contributed by atoms with Crippen molar-refractivity contribution in [3.8, 4) is 0 Å². The van der Waals surface area contributed by atoms with Crippen molar-refractivity contribution in [2.24, 2.45) is 0 Å². The lowest BCUT2D eigenvalue weighted by atomic mass is 10.3. The van der Waals surface area contributed by atoms with Crippen molar-refractivity contribution in [2.45, 2.75) is 6.92 Å². The van der Waals surface area contributed by atoms with Crippen molar-refractivity contribution in [3.63, 3.8) is 0 Å². The first-order chi connectivity index (χ1) is 11.0. The third-order valence-corrected chi connectivity index (χ3v) is 4.35. The molecule has 0 radical (unpaired) electrons. The molecule has 23 heavy (non-hydrogen) atoms. The summed E-state index contributed by atoms with van der Waals surface area (Å²) in [6.45, 7) is 1.97. The van der Waals surface area contributed by atoms with E-state index < -0.39 is 0 Å². The molecule has 0 saturated carbocycles. The standard InChI is InChI=1S/C17H17ClN2O2S/c1-12-7-8-13(23-12)9-10-17(22)20(2)11-16(21)19-15-6-4-3-5-14(15)18/h3-10H,11H2,1-2H3,(H,19,21)/b10-9+. The predicted molar refractivity (Wildman–Crippen MR) is 95.8 cm³/mol. The fourth-order valence-corrected chi connectivity index (χ4v) is 2.83. The van der Waals surface area contributed by atoms with Crippen LogP contribution in [0.3, 0.4) is 0 Å². The number of para-hydroxylation sites is 1. The molecular formula is C17H17ClN2O2S. The largest absolute Gasteiger partial charge is 0.333 e. The molecule has 6 heteroatoms. The fraction of sp³-hybridized carbons (Fsp3) is 0.176. The van der Waals surface area contributed by atoms with Gasteiger partial charge in [0.1, 0.15) is 0 Å². The average Bonchev–Trinajstić information content (AvgIpc) is 2.92. The van der Waals surface area contributed by atoms with E-state index in [0.29, 0.717) is 10.7 Å². The summed E-state index contributed by atoms with van der Waals surface area (Å²) in [6, 6.07) is 10.9. The number of halogens is 1. The number of amides is 2. The van der Waals surface area contributed by atoms with E-state index in [1.54, 1.807) is 48.7 Å². The highest BCUT2D eigenvalue weighted by atomic mass is 35.5. The van der Waals surface area contributed by atoms with Gasteiger partial charge in [0.15, 0.2) is 0 Å². The molecule has 1 aromatic heterocycles. The second-order valence-electron chi connectivity index (χ2n) is 5.00. The first kappa shape index (κ1) is 17.2. The number of benzene rings is 1. The van der Waals surface area contributed by atoms with E-state index in [-0.39, 0.29) is 18.4 Å². The van der Waals surface area contributed by atoms with Crippen molar-refractivity contribution in [3.05, 3.63) is 57.3 Å². The Kier molecular flexibility index (Phi) is 5.96. The van der Waals surface area contributed by atoms with Crippen LogP contribution in [0.25, 0.3) is 6.08 Å². The van der Waals surface area contributed by atoms with Crippen LogP contribution in [0.4, 0.5) is 5.69 Å². The summed E-state index contributed by atoms with van der Waals surface area (Å²) >= 11 is 7.59. The van der Waals surface area contributed by atoms with E-state index in [2.05, 4.69) is 5.32 Å². The second-order valence-corrected chi connectivity index (χ2v) is 6.73. The lowest BCUT2D eigenvalue weighted by Gasteiger charge is -2.15. The van der Waals surface area contributed by atoms with Gasteiger partial charge in [-0.15, -0.1) is 11.3 Å². The van der Waals surface area contributed by atoms with Crippen LogP contribution in [0.1, 0.15) is 9.75 Å². The van der Waals surface area contributed by atoms with Gasteiger partial charge in [-0.25, -0.2) is 0 Å². The quantitative estimate of drug-likeness (QED) is 0.835. The number of likely N-dealkylation sites (N-methyl/N-ethyl adjacent to an activating group) is 1. The summed E-state index contributed by atoms with van der Waals surface area (Å²) < 4.78 is 0. The van der Waals surface area contributed by atoms with Gasteiger partial charge < -0.3 is 10.2 Å². The predicted octanol–water partition coefficient (Wildman–Crippen LogP) is 3.82. The molecular weight excluding hydrogens is 332 g/mol. The van der Waals surface area contributed by atoms with E-state index in [9.17, 15) is 9.59 Å². The van der Waals surface area contributed by atoms with Gasteiger partial charge >= 0.3 is 0 Å². The summed E-state index contributed by atoms with van der Waals surface area (Å²) in [4.78, 5) is 27.5.